The summed E-state index contributed by atoms with van der Waals surface area (Å²) in [7, 11) is -2.66. The van der Waals surface area contributed by atoms with Crippen molar-refractivity contribution >= 4 is 14.8 Å². The van der Waals surface area contributed by atoms with Gasteiger partial charge in [0.15, 0.2) is 0 Å². The quantitative estimate of drug-likeness (QED) is 0.358. The van der Waals surface area contributed by atoms with Gasteiger partial charge in [-0.1, -0.05) is 0 Å². The summed E-state index contributed by atoms with van der Waals surface area (Å²) in [5, 5.41) is 6.62. The van der Waals surface area contributed by atoms with Crippen LogP contribution in [0.25, 0.3) is 0 Å². The summed E-state index contributed by atoms with van der Waals surface area (Å²) in [6.45, 7) is 1.37. The van der Waals surface area contributed by atoms with Gasteiger partial charge in [-0.15, -0.1) is 0 Å². The van der Waals surface area contributed by atoms with E-state index in [2.05, 4.69) is 0 Å². The molecule has 3 nitrogen and oxygen atoms in total. The molecule has 0 aromatic carbocycles. The zero-order valence-corrected chi connectivity index (χ0v) is 5.13. The third-order valence-electron chi connectivity index (χ3n) is 0.584. The molecule has 1 atom stereocenters. The lowest BCUT2D eigenvalue weighted by molar-refractivity contribution is 0.686. The van der Waals surface area contributed by atoms with Gasteiger partial charge in [0.05, 0.1) is 9.73 Å². The third kappa shape index (κ3) is 2.33. The van der Waals surface area contributed by atoms with Crippen molar-refractivity contribution in [3.05, 3.63) is 0 Å². The van der Waals surface area contributed by atoms with E-state index in [9.17, 15) is 4.21 Å². The number of hydrogen-bond acceptors (Lipinski definition) is 3. The Morgan fingerprint density at radius 3 is 1.86 bits per heavy atom. The molecule has 0 fully saturated rings. The minimum atomic E-state index is -2.66. The molecule has 0 aromatic rings. The van der Waals surface area contributed by atoms with Crippen LogP contribution in [0.3, 0.4) is 0 Å². The molecule has 0 aliphatic rings. The maximum atomic E-state index is 10.3. The first-order valence-corrected chi connectivity index (χ1v) is 3.70. The lowest BCUT2D eigenvalue weighted by Crippen LogP contribution is -2.03. The Labute approximate surface area is 43.2 Å². The van der Waals surface area contributed by atoms with Crippen molar-refractivity contribution in [3.63, 3.8) is 0 Å². The standard InChI is InChI=1S/C3H8N2OS/c1-3(4)7(2,5)6/h4-5H,1-2H3. The largest absolute Gasteiger partial charge is 0.295 e. The van der Waals surface area contributed by atoms with E-state index in [-0.39, 0.29) is 5.04 Å². The normalized spacial score (nSPS) is 18.0. The Balaban J connectivity index is 4.43. The van der Waals surface area contributed by atoms with Crippen LogP contribution in [-0.4, -0.2) is 15.5 Å². The second kappa shape index (κ2) is 1.61. The van der Waals surface area contributed by atoms with Crippen LogP contribution >= 0.6 is 0 Å². The summed E-state index contributed by atoms with van der Waals surface area (Å²) in [5.41, 5.74) is 0. The molecule has 0 bridgehead atoms. The molecule has 42 valence electrons. The predicted molar refractivity (Wildman–Crippen MR) is 30.2 cm³/mol. The fourth-order valence-electron chi connectivity index (χ4n) is 0. The van der Waals surface area contributed by atoms with Gasteiger partial charge in [-0.2, -0.15) is 0 Å². The Hall–Kier alpha value is -0.380. The summed E-state index contributed by atoms with van der Waals surface area (Å²) in [6.07, 6.45) is 1.23. The summed E-state index contributed by atoms with van der Waals surface area (Å²) in [5.74, 6) is 0. The Bertz CT molecular complexity index is 167. The van der Waals surface area contributed by atoms with Crippen molar-refractivity contribution in [1.82, 2.24) is 0 Å². The van der Waals surface area contributed by atoms with Crippen LogP contribution in [0.4, 0.5) is 0 Å². The summed E-state index contributed by atoms with van der Waals surface area (Å²) >= 11 is 0. The van der Waals surface area contributed by atoms with Crippen LogP contribution in [0.2, 0.25) is 0 Å². The van der Waals surface area contributed by atoms with Gasteiger partial charge >= 0.3 is 0 Å². The van der Waals surface area contributed by atoms with E-state index in [0.29, 0.717) is 0 Å². The zero-order valence-electron chi connectivity index (χ0n) is 4.32. The highest BCUT2D eigenvalue weighted by atomic mass is 32.2. The Morgan fingerprint density at radius 1 is 1.71 bits per heavy atom. The van der Waals surface area contributed by atoms with Gasteiger partial charge < -0.3 is 0 Å². The fraction of sp³-hybridized carbons (Fsp3) is 0.667. The molecule has 2 N–H and O–H groups in total. The predicted octanol–water partition coefficient (Wildman–Crippen LogP) is 0.660. The van der Waals surface area contributed by atoms with E-state index in [1.807, 2.05) is 0 Å². The minimum Gasteiger partial charge on any atom is -0.295 e. The molecule has 4 heteroatoms. The van der Waals surface area contributed by atoms with E-state index < -0.39 is 9.73 Å². The van der Waals surface area contributed by atoms with E-state index in [4.69, 9.17) is 10.2 Å². The summed E-state index contributed by atoms with van der Waals surface area (Å²) < 4.78 is 17.0. The van der Waals surface area contributed by atoms with Crippen LogP contribution < -0.4 is 0 Å². The number of nitrogens with one attached hydrogen (secondary N) is 2. The second-order valence-electron chi connectivity index (χ2n) is 1.40. The maximum absolute atomic E-state index is 10.3. The monoisotopic (exact) mass is 120 g/mol. The van der Waals surface area contributed by atoms with Crippen molar-refractivity contribution in [3.8, 4) is 0 Å². The molecule has 0 radical (unpaired) electrons. The molecular formula is C3H8N2OS. The van der Waals surface area contributed by atoms with Gasteiger partial charge in [0.25, 0.3) is 0 Å². The van der Waals surface area contributed by atoms with Crippen LogP contribution in [0.15, 0.2) is 0 Å². The molecule has 0 aromatic heterocycles. The van der Waals surface area contributed by atoms with Crippen molar-refractivity contribution < 1.29 is 4.21 Å². The fourth-order valence-corrected chi connectivity index (χ4v) is 0. The van der Waals surface area contributed by atoms with Crippen LogP contribution in [0.5, 0.6) is 0 Å². The van der Waals surface area contributed by atoms with Crippen molar-refractivity contribution in [2.75, 3.05) is 6.26 Å². The highest BCUT2D eigenvalue weighted by Crippen LogP contribution is 1.83. The molecule has 0 saturated heterocycles. The van der Waals surface area contributed by atoms with Gasteiger partial charge in [-0.3, -0.25) is 5.41 Å². The van der Waals surface area contributed by atoms with Crippen LogP contribution in [-0.2, 0) is 9.73 Å². The summed E-state index contributed by atoms with van der Waals surface area (Å²) in [6, 6.07) is 0. The van der Waals surface area contributed by atoms with Gasteiger partial charge in [-0.05, 0) is 6.92 Å². The molecule has 0 heterocycles. The molecule has 0 amide bonds. The number of rotatable bonds is 0. The molecule has 0 saturated carbocycles. The first-order valence-electron chi connectivity index (χ1n) is 1.73. The minimum absolute atomic E-state index is 0.0625. The topological polar surface area (TPSA) is 64.8 Å². The molecule has 0 spiro atoms. The first-order chi connectivity index (χ1) is 2.94. The highest BCUT2D eigenvalue weighted by Gasteiger charge is 1.95. The average molecular weight is 120 g/mol. The maximum Gasteiger partial charge on any atom is 0.100 e. The molecule has 0 aliphatic heterocycles. The zero-order chi connectivity index (χ0) is 6.08. The highest BCUT2D eigenvalue weighted by molar-refractivity contribution is 8.06. The van der Waals surface area contributed by atoms with E-state index >= 15 is 0 Å². The first kappa shape index (κ1) is 6.62. The van der Waals surface area contributed by atoms with Crippen molar-refractivity contribution in [2.24, 2.45) is 0 Å². The van der Waals surface area contributed by atoms with Crippen molar-refractivity contribution in [1.29, 1.82) is 10.2 Å². The van der Waals surface area contributed by atoms with Gasteiger partial charge in [-0.25, -0.2) is 8.99 Å². The van der Waals surface area contributed by atoms with E-state index in [1.165, 1.54) is 13.2 Å². The average Bonchev–Trinajstić information content (AvgIpc) is 1.31. The van der Waals surface area contributed by atoms with Gasteiger partial charge in [0.1, 0.15) is 5.04 Å². The van der Waals surface area contributed by atoms with Crippen LogP contribution in [0.1, 0.15) is 6.92 Å². The van der Waals surface area contributed by atoms with Crippen LogP contribution in [0, 0.1) is 10.2 Å². The van der Waals surface area contributed by atoms with E-state index in [0.717, 1.165) is 0 Å². The molecular weight excluding hydrogens is 112 g/mol. The Morgan fingerprint density at radius 2 is 1.86 bits per heavy atom. The SMILES string of the molecule is CC(=N)S(C)(=N)=O. The molecule has 7 heavy (non-hydrogen) atoms. The lowest BCUT2D eigenvalue weighted by atomic mass is 10.9. The second-order valence-corrected chi connectivity index (χ2v) is 3.70. The smallest absolute Gasteiger partial charge is 0.100 e. The molecule has 1 unspecified atom stereocenters. The lowest BCUT2D eigenvalue weighted by Gasteiger charge is -1.90. The van der Waals surface area contributed by atoms with Crippen molar-refractivity contribution in [2.45, 2.75) is 6.92 Å². The molecule has 0 rings (SSSR count). The Kier molecular flexibility index (Phi) is 1.53. The molecule has 0 aliphatic carbocycles. The third-order valence-corrected chi connectivity index (χ3v) is 1.75. The summed E-state index contributed by atoms with van der Waals surface area (Å²) in [4.78, 5) is 0. The van der Waals surface area contributed by atoms with Gasteiger partial charge in [0, 0.05) is 6.26 Å². The van der Waals surface area contributed by atoms with E-state index in [1.54, 1.807) is 0 Å². The van der Waals surface area contributed by atoms with Gasteiger partial charge in [0.2, 0.25) is 0 Å². The number of hydrogen-bond donors (Lipinski definition) is 2.